The van der Waals surface area contributed by atoms with Crippen LogP contribution in [-0.4, -0.2) is 33.6 Å². The minimum Gasteiger partial charge on any atom is -0.324 e. The third kappa shape index (κ3) is 3.52. The molecule has 0 unspecified atom stereocenters. The lowest BCUT2D eigenvalue weighted by molar-refractivity contribution is -0.119. The third-order valence-electron chi connectivity index (χ3n) is 4.99. The van der Waals surface area contributed by atoms with Crippen LogP contribution >= 0.6 is 0 Å². The van der Waals surface area contributed by atoms with E-state index in [1.54, 1.807) is 42.7 Å². The standard InChI is InChI=1S/C23H19N3O3/c1-15-14-24-12-11-19(15)25-21(27)20(13-16-7-3-2-4-8-16)26-22(28)17-9-5-6-10-18(17)23(26)29/h2-12,14,20H,13H2,1H3,(H,24,25,27)/t20-/m0/s1. The molecule has 1 N–H and O–H groups in total. The molecule has 6 nitrogen and oxygen atoms in total. The van der Waals surface area contributed by atoms with Crippen molar-refractivity contribution in [1.82, 2.24) is 9.88 Å². The third-order valence-corrected chi connectivity index (χ3v) is 4.99. The smallest absolute Gasteiger partial charge is 0.262 e. The molecule has 0 radical (unpaired) electrons. The van der Waals surface area contributed by atoms with Crippen LogP contribution in [-0.2, 0) is 11.2 Å². The Kier molecular flexibility index (Phi) is 4.91. The van der Waals surface area contributed by atoms with Crippen LogP contribution in [0, 0.1) is 6.92 Å². The van der Waals surface area contributed by atoms with E-state index < -0.39 is 23.8 Å². The molecule has 2 aromatic carbocycles. The molecule has 1 aliphatic rings. The number of hydrogen-bond donors (Lipinski definition) is 1. The molecule has 4 rings (SSSR count). The molecule has 0 fully saturated rings. The second-order valence-electron chi connectivity index (χ2n) is 6.91. The summed E-state index contributed by atoms with van der Waals surface area (Å²) in [5.74, 6) is -1.32. The van der Waals surface area contributed by atoms with Gasteiger partial charge in [-0.15, -0.1) is 0 Å². The summed E-state index contributed by atoms with van der Waals surface area (Å²) in [6, 6.07) is 16.7. The van der Waals surface area contributed by atoms with Crippen molar-refractivity contribution in [3.05, 3.63) is 95.3 Å². The molecular formula is C23H19N3O3. The van der Waals surface area contributed by atoms with E-state index in [1.165, 1.54) is 0 Å². The number of carbonyl (C=O) groups excluding carboxylic acids is 3. The first kappa shape index (κ1) is 18.6. The summed E-state index contributed by atoms with van der Waals surface area (Å²) in [5.41, 5.74) is 2.89. The van der Waals surface area contributed by atoms with Crippen LogP contribution in [0.5, 0.6) is 0 Å². The Bertz CT molecular complexity index is 1060. The highest BCUT2D eigenvalue weighted by Crippen LogP contribution is 2.27. The zero-order valence-electron chi connectivity index (χ0n) is 15.8. The van der Waals surface area contributed by atoms with Gasteiger partial charge < -0.3 is 5.32 Å². The molecule has 0 aliphatic carbocycles. The summed E-state index contributed by atoms with van der Waals surface area (Å²) < 4.78 is 0. The second kappa shape index (κ2) is 7.67. The number of anilines is 1. The zero-order chi connectivity index (χ0) is 20.4. The number of nitrogens with zero attached hydrogens (tertiary/aromatic N) is 2. The van der Waals surface area contributed by atoms with Crippen LogP contribution in [0.25, 0.3) is 0 Å². The van der Waals surface area contributed by atoms with Crippen molar-refractivity contribution in [2.75, 3.05) is 5.32 Å². The molecule has 3 amide bonds. The number of pyridine rings is 1. The fourth-order valence-electron chi connectivity index (χ4n) is 3.46. The van der Waals surface area contributed by atoms with Gasteiger partial charge in [-0.25, -0.2) is 0 Å². The predicted molar refractivity (Wildman–Crippen MR) is 108 cm³/mol. The lowest BCUT2D eigenvalue weighted by Crippen LogP contribution is -2.48. The van der Waals surface area contributed by atoms with Crippen LogP contribution in [0.3, 0.4) is 0 Å². The Balaban J connectivity index is 1.69. The largest absolute Gasteiger partial charge is 0.324 e. The van der Waals surface area contributed by atoms with Crippen LogP contribution in [0.2, 0.25) is 0 Å². The fourth-order valence-corrected chi connectivity index (χ4v) is 3.46. The van der Waals surface area contributed by atoms with E-state index >= 15 is 0 Å². The maximum atomic E-state index is 13.2. The maximum Gasteiger partial charge on any atom is 0.262 e. The van der Waals surface area contributed by atoms with Gasteiger partial charge in [-0.2, -0.15) is 0 Å². The van der Waals surface area contributed by atoms with Gasteiger partial charge >= 0.3 is 0 Å². The fraction of sp³-hybridized carbons (Fsp3) is 0.130. The second-order valence-corrected chi connectivity index (χ2v) is 6.91. The van der Waals surface area contributed by atoms with Crippen LogP contribution in [0.4, 0.5) is 5.69 Å². The summed E-state index contributed by atoms with van der Waals surface area (Å²) >= 11 is 0. The van der Waals surface area contributed by atoms with E-state index in [0.29, 0.717) is 16.8 Å². The number of rotatable bonds is 5. The minimum atomic E-state index is -0.975. The average molecular weight is 385 g/mol. The average Bonchev–Trinajstić information content (AvgIpc) is 2.99. The SMILES string of the molecule is Cc1cnccc1NC(=O)[C@H](Cc1ccccc1)N1C(=O)c2ccccc2C1=O. The van der Waals surface area contributed by atoms with E-state index in [-0.39, 0.29) is 6.42 Å². The first-order valence-corrected chi connectivity index (χ1v) is 9.28. The van der Waals surface area contributed by atoms with Gasteiger partial charge in [-0.05, 0) is 36.2 Å². The molecule has 6 heteroatoms. The van der Waals surface area contributed by atoms with Gasteiger partial charge in [0.1, 0.15) is 6.04 Å². The molecule has 29 heavy (non-hydrogen) atoms. The van der Waals surface area contributed by atoms with Gasteiger partial charge in [0.15, 0.2) is 0 Å². The number of amides is 3. The Hall–Kier alpha value is -3.80. The summed E-state index contributed by atoms with van der Waals surface area (Å²) in [7, 11) is 0. The topological polar surface area (TPSA) is 79.4 Å². The monoisotopic (exact) mass is 385 g/mol. The van der Waals surface area contributed by atoms with Crippen molar-refractivity contribution < 1.29 is 14.4 Å². The highest BCUT2D eigenvalue weighted by atomic mass is 16.2. The molecular weight excluding hydrogens is 366 g/mol. The highest BCUT2D eigenvalue weighted by Gasteiger charge is 2.42. The Morgan fingerprint density at radius 3 is 2.21 bits per heavy atom. The summed E-state index contributed by atoms with van der Waals surface area (Å²) in [6.07, 6.45) is 3.45. The lowest BCUT2D eigenvalue weighted by Gasteiger charge is -2.26. The van der Waals surface area contributed by atoms with E-state index in [2.05, 4.69) is 10.3 Å². The molecule has 0 saturated heterocycles. The first-order chi connectivity index (χ1) is 14.1. The van der Waals surface area contributed by atoms with E-state index in [1.807, 2.05) is 37.3 Å². The molecule has 1 aliphatic heterocycles. The number of hydrogen-bond acceptors (Lipinski definition) is 4. The van der Waals surface area contributed by atoms with Gasteiger partial charge in [-0.1, -0.05) is 42.5 Å². The molecule has 0 spiro atoms. The van der Waals surface area contributed by atoms with Crippen molar-refractivity contribution in [3.8, 4) is 0 Å². The summed E-state index contributed by atoms with van der Waals surface area (Å²) in [6.45, 7) is 1.83. The quantitative estimate of drug-likeness (QED) is 0.684. The summed E-state index contributed by atoms with van der Waals surface area (Å²) in [4.78, 5) is 44.3. The van der Waals surface area contributed by atoms with Gasteiger partial charge in [0.2, 0.25) is 5.91 Å². The van der Waals surface area contributed by atoms with Crippen molar-refractivity contribution in [2.24, 2.45) is 0 Å². The number of nitrogens with one attached hydrogen (secondary N) is 1. The number of carbonyl (C=O) groups is 3. The summed E-state index contributed by atoms with van der Waals surface area (Å²) in [5, 5.41) is 2.85. The molecule has 144 valence electrons. The first-order valence-electron chi connectivity index (χ1n) is 9.28. The number of benzene rings is 2. The lowest BCUT2D eigenvalue weighted by atomic mass is 10.0. The van der Waals surface area contributed by atoms with E-state index in [4.69, 9.17) is 0 Å². The molecule has 1 atom stereocenters. The van der Waals surface area contributed by atoms with Crippen molar-refractivity contribution in [3.63, 3.8) is 0 Å². The molecule has 3 aromatic rings. The van der Waals surface area contributed by atoms with E-state index in [9.17, 15) is 14.4 Å². The van der Waals surface area contributed by atoms with Crippen molar-refractivity contribution in [1.29, 1.82) is 0 Å². The maximum absolute atomic E-state index is 13.2. The van der Waals surface area contributed by atoms with Crippen molar-refractivity contribution >= 4 is 23.4 Å². The van der Waals surface area contributed by atoms with Crippen molar-refractivity contribution in [2.45, 2.75) is 19.4 Å². The number of aryl methyl sites for hydroxylation is 1. The molecule has 1 aromatic heterocycles. The Morgan fingerprint density at radius 2 is 1.59 bits per heavy atom. The van der Waals surface area contributed by atoms with Crippen LogP contribution in [0.15, 0.2) is 73.1 Å². The Morgan fingerprint density at radius 1 is 0.966 bits per heavy atom. The molecule has 0 bridgehead atoms. The zero-order valence-corrected chi connectivity index (χ0v) is 15.8. The Labute approximate surface area is 168 Å². The molecule has 0 saturated carbocycles. The van der Waals surface area contributed by atoms with E-state index in [0.717, 1.165) is 16.0 Å². The molecule has 2 heterocycles. The van der Waals surface area contributed by atoms with Crippen LogP contribution in [0.1, 0.15) is 31.8 Å². The van der Waals surface area contributed by atoms with Gasteiger partial charge in [-0.3, -0.25) is 24.3 Å². The highest BCUT2D eigenvalue weighted by molar-refractivity contribution is 6.23. The van der Waals surface area contributed by atoms with Gasteiger partial charge in [0.25, 0.3) is 11.8 Å². The normalized spacial score (nSPS) is 13.9. The minimum absolute atomic E-state index is 0.224. The van der Waals surface area contributed by atoms with Gasteiger partial charge in [0.05, 0.1) is 11.1 Å². The van der Waals surface area contributed by atoms with Crippen LogP contribution < -0.4 is 5.32 Å². The number of aromatic nitrogens is 1. The number of imide groups is 1. The predicted octanol–water partition coefficient (Wildman–Crippen LogP) is 3.24. The number of fused-ring (bicyclic) bond motifs is 1. The van der Waals surface area contributed by atoms with Gasteiger partial charge in [0, 0.05) is 24.5 Å².